The Morgan fingerprint density at radius 1 is 1.35 bits per heavy atom. The standard InChI is InChI=1S/C15H22N2O3/c1-10-9-17(7-6-13(10)16)15(18)12-8-11(19-2)4-5-14(12)20-3/h4-5,8,10,13H,6-7,9,16H2,1-3H3. The number of hydrogen-bond donors (Lipinski definition) is 1. The molecule has 0 aromatic heterocycles. The zero-order valence-corrected chi connectivity index (χ0v) is 12.3. The van der Waals surface area contributed by atoms with E-state index < -0.39 is 0 Å². The summed E-state index contributed by atoms with van der Waals surface area (Å²) in [5.41, 5.74) is 6.53. The first kappa shape index (κ1) is 14.7. The first-order chi connectivity index (χ1) is 9.56. The molecule has 0 aliphatic carbocycles. The van der Waals surface area contributed by atoms with Gasteiger partial charge in [0.25, 0.3) is 5.91 Å². The smallest absolute Gasteiger partial charge is 0.257 e. The van der Waals surface area contributed by atoms with E-state index in [1.165, 1.54) is 0 Å². The number of amides is 1. The van der Waals surface area contributed by atoms with E-state index in [2.05, 4.69) is 6.92 Å². The van der Waals surface area contributed by atoms with Gasteiger partial charge in [-0.05, 0) is 30.5 Å². The van der Waals surface area contributed by atoms with Gasteiger partial charge in [0.05, 0.1) is 19.8 Å². The Labute approximate surface area is 119 Å². The second-order valence-corrected chi connectivity index (χ2v) is 5.25. The lowest BCUT2D eigenvalue weighted by atomic mass is 9.94. The Bertz CT molecular complexity index is 490. The van der Waals surface area contributed by atoms with E-state index in [9.17, 15) is 4.79 Å². The highest BCUT2D eigenvalue weighted by Gasteiger charge is 2.28. The van der Waals surface area contributed by atoms with Crippen LogP contribution in [0.2, 0.25) is 0 Å². The average molecular weight is 278 g/mol. The molecule has 5 heteroatoms. The van der Waals surface area contributed by atoms with Crippen LogP contribution in [0, 0.1) is 5.92 Å². The molecule has 2 rings (SSSR count). The number of benzene rings is 1. The molecule has 1 fully saturated rings. The van der Waals surface area contributed by atoms with Crippen LogP contribution in [-0.2, 0) is 0 Å². The van der Waals surface area contributed by atoms with Crippen LogP contribution >= 0.6 is 0 Å². The first-order valence-electron chi connectivity index (χ1n) is 6.83. The van der Waals surface area contributed by atoms with Gasteiger partial charge in [-0.3, -0.25) is 4.79 Å². The fourth-order valence-corrected chi connectivity index (χ4v) is 2.50. The van der Waals surface area contributed by atoms with Crippen LogP contribution in [0.5, 0.6) is 11.5 Å². The van der Waals surface area contributed by atoms with Gasteiger partial charge in [-0.1, -0.05) is 6.92 Å². The third-order valence-corrected chi connectivity index (χ3v) is 3.90. The normalized spacial score (nSPS) is 22.5. The lowest BCUT2D eigenvalue weighted by Crippen LogP contribution is -2.48. The summed E-state index contributed by atoms with van der Waals surface area (Å²) < 4.78 is 10.5. The number of hydrogen-bond acceptors (Lipinski definition) is 4. The van der Waals surface area contributed by atoms with Crippen LogP contribution in [0.25, 0.3) is 0 Å². The molecule has 20 heavy (non-hydrogen) atoms. The Balaban J connectivity index is 2.24. The predicted octanol–water partition coefficient (Wildman–Crippen LogP) is 1.51. The molecule has 1 aromatic rings. The van der Waals surface area contributed by atoms with Gasteiger partial charge < -0.3 is 20.1 Å². The number of methoxy groups -OCH3 is 2. The molecule has 0 bridgehead atoms. The second kappa shape index (κ2) is 6.13. The number of piperidine rings is 1. The molecule has 0 radical (unpaired) electrons. The fourth-order valence-electron chi connectivity index (χ4n) is 2.50. The van der Waals surface area contributed by atoms with Crippen molar-refractivity contribution in [3.05, 3.63) is 23.8 Å². The van der Waals surface area contributed by atoms with Gasteiger partial charge in [0.2, 0.25) is 0 Å². The number of ether oxygens (including phenoxy) is 2. The van der Waals surface area contributed by atoms with Gasteiger partial charge in [0.1, 0.15) is 11.5 Å². The Morgan fingerprint density at radius 2 is 2.10 bits per heavy atom. The van der Waals surface area contributed by atoms with Crippen LogP contribution in [0.1, 0.15) is 23.7 Å². The first-order valence-corrected chi connectivity index (χ1v) is 6.83. The molecule has 0 saturated carbocycles. The monoisotopic (exact) mass is 278 g/mol. The molecule has 5 nitrogen and oxygen atoms in total. The van der Waals surface area contributed by atoms with Crippen LogP contribution in [-0.4, -0.2) is 44.2 Å². The Kier molecular flexibility index (Phi) is 4.49. The van der Waals surface area contributed by atoms with Crippen molar-refractivity contribution < 1.29 is 14.3 Å². The molecular weight excluding hydrogens is 256 g/mol. The van der Waals surface area contributed by atoms with E-state index in [-0.39, 0.29) is 11.9 Å². The van der Waals surface area contributed by atoms with Gasteiger partial charge in [-0.25, -0.2) is 0 Å². The Morgan fingerprint density at radius 3 is 2.70 bits per heavy atom. The van der Waals surface area contributed by atoms with Crippen molar-refractivity contribution in [2.45, 2.75) is 19.4 Å². The number of rotatable bonds is 3. The average Bonchev–Trinajstić information content (AvgIpc) is 2.48. The minimum absolute atomic E-state index is 0.0282. The fraction of sp³-hybridized carbons (Fsp3) is 0.533. The van der Waals surface area contributed by atoms with Gasteiger partial charge in [-0.2, -0.15) is 0 Å². The predicted molar refractivity (Wildman–Crippen MR) is 77.2 cm³/mol. The molecule has 110 valence electrons. The third-order valence-electron chi connectivity index (χ3n) is 3.90. The summed E-state index contributed by atoms with van der Waals surface area (Å²) in [5, 5.41) is 0. The molecular formula is C15H22N2O3. The van der Waals surface area contributed by atoms with Crippen LogP contribution in [0.4, 0.5) is 0 Å². The number of likely N-dealkylation sites (tertiary alicyclic amines) is 1. The maximum Gasteiger partial charge on any atom is 0.257 e. The second-order valence-electron chi connectivity index (χ2n) is 5.25. The lowest BCUT2D eigenvalue weighted by Gasteiger charge is -2.35. The highest BCUT2D eigenvalue weighted by atomic mass is 16.5. The maximum absolute atomic E-state index is 12.6. The zero-order chi connectivity index (χ0) is 14.7. The summed E-state index contributed by atoms with van der Waals surface area (Å²) in [5.74, 6) is 1.50. The molecule has 1 saturated heterocycles. The highest BCUT2D eigenvalue weighted by Crippen LogP contribution is 2.27. The molecule has 2 atom stereocenters. The largest absolute Gasteiger partial charge is 0.497 e. The van der Waals surface area contributed by atoms with Gasteiger partial charge in [0.15, 0.2) is 0 Å². The SMILES string of the molecule is COc1ccc(OC)c(C(=O)N2CCC(N)C(C)C2)c1. The van der Waals surface area contributed by atoms with Gasteiger partial charge in [0, 0.05) is 19.1 Å². The molecule has 1 aliphatic rings. The quantitative estimate of drug-likeness (QED) is 0.910. The number of nitrogens with two attached hydrogens (primary N) is 1. The van der Waals surface area contributed by atoms with Crippen LogP contribution in [0.15, 0.2) is 18.2 Å². The van der Waals surface area contributed by atoms with Gasteiger partial charge >= 0.3 is 0 Å². The molecule has 1 aromatic carbocycles. The minimum Gasteiger partial charge on any atom is -0.497 e. The molecule has 0 spiro atoms. The van der Waals surface area contributed by atoms with E-state index in [0.717, 1.165) is 6.42 Å². The molecule has 2 N–H and O–H groups in total. The zero-order valence-electron chi connectivity index (χ0n) is 12.3. The van der Waals surface area contributed by atoms with Crippen molar-refractivity contribution in [1.29, 1.82) is 0 Å². The molecule has 1 amide bonds. The highest BCUT2D eigenvalue weighted by molar-refractivity contribution is 5.97. The molecule has 1 aliphatic heterocycles. The summed E-state index contributed by atoms with van der Waals surface area (Å²) >= 11 is 0. The van der Waals surface area contributed by atoms with E-state index in [1.807, 2.05) is 4.90 Å². The summed E-state index contributed by atoms with van der Waals surface area (Å²) in [6, 6.07) is 5.43. The third kappa shape index (κ3) is 2.88. The van der Waals surface area contributed by atoms with E-state index >= 15 is 0 Å². The lowest BCUT2D eigenvalue weighted by molar-refractivity contribution is 0.0660. The number of nitrogens with zero attached hydrogens (tertiary/aromatic N) is 1. The minimum atomic E-state index is -0.0282. The summed E-state index contributed by atoms with van der Waals surface area (Å²) in [7, 11) is 3.14. The number of carbonyl (C=O) groups excluding carboxylic acids is 1. The topological polar surface area (TPSA) is 64.8 Å². The maximum atomic E-state index is 12.6. The van der Waals surface area contributed by atoms with Crippen LogP contribution in [0.3, 0.4) is 0 Å². The van der Waals surface area contributed by atoms with E-state index in [1.54, 1.807) is 32.4 Å². The van der Waals surface area contributed by atoms with Crippen molar-refractivity contribution in [3.8, 4) is 11.5 Å². The summed E-state index contributed by atoms with van der Waals surface area (Å²) in [6.45, 7) is 3.44. The number of carbonyl (C=O) groups is 1. The van der Waals surface area contributed by atoms with Crippen molar-refractivity contribution >= 4 is 5.91 Å². The summed E-state index contributed by atoms with van der Waals surface area (Å²) in [6.07, 6.45) is 0.833. The summed E-state index contributed by atoms with van der Waals surface area (Å²) in [4.78, 5) is 14.5. The molecule has 2 unspecified atom stereocenters. The van der Waals surface area contributed by atoms with E-state index in [4.69, 9.17) is 15.2 Å². The van der Waals surface area contributed by atoms with Gasteiger partial charge in [-0.15, -0.1) is 0 Å². The van der Waals surface area contributed by atoms with E-state index in [0.29, 0.717) is 36.1 Å². The molecule has 1 heterocycles. The Hall–Kier alpha value is -1.75. The van der Waals surface area contributed by atoms with Crippen molar-refractivity contribution in [1.82, 2.24) is 4.90 Å². The van der Waals surface area contributed by atoms with Crippen molar-refractivity contribution in [2.24, 2.45) is 11.7 Å². The van der Waals surface area contributed by atoms with Crippen LogP contribution < -0.4 is 15.2 Å². The van der Waals surface area contributed by atoms with Crippen molar-refractivity contribution in [2.75, 3.05) is 27.3 Å². The van der Waals surface area contributed by atoms with Crippen molar-refractivity contribution in [3.63, 3.8) is 0 Å².